The number of carbonyl (C=O) groups is 2. The zero-order valence-corrected chi connectivity index (χ0v) is 8.39. The molecule has 0 heterocycles. The lowest BCUT2D eigenvalue weighted by Crippen LogP contribution is -2.26. The summed E-state index contributed by atoms with van der Waals surface area (Å²) in [6.07, 6.45) is 1.50. The first-order valence-corrected chi connectivity index (χ1v) is 4.62. The van der Waals surface area contributed by atoms with Crippen LogP contribution in [0.4, 0.5) is 0 Å². The van der Waals surface area contributed by atoms with Crippen LogP contribution in [-0.4, -0.2) is 11.6 Å². The fourth-order valence-corrected chi connectivity index (χ4v) is 0.856. The molecule has 0 aliphatic rings. The molecule has 0 aliphatic carbocycles. The molecule has 0 saturated heterocycles. The van der Waals surface area contributed by atoms with Crippen LogP contribution in [0.3, 0.4) is 0 Å². The van der Waals surface area contributed by atoms with Crippen LogP contribution in [0, 0.1) is 11.8 Å². The van der Waals surface area contributed by atoms with E-state index in [1.165, 1.54) is 0 Å². The molecule has 0 fully saturated rings. The summed E-state index contributed by atoms with van der Waals surface area (Å²) in [7, 11) is 0. The highest BCUT2D eigenvalue weighted by Gasteiger charge is 2.23. The van der Waals surface area contributed by atoms with E-state index >= 15 is 0 Å². The smallest absolute Gasteiger partial charge is 0.201 e. The number of carbonyl (C=O) groups excluding carboxylic acids is 2. The van der Waals surface area contributed by atoms with Gasteiger partial charge in [0.05, 0.1) is 0 Å². The molecular weight excluding hydrogens is 152 g/mol. The van der Waals surface area contributed by atoms with Gasteiger partial charge in [0.25, 0.3) is 0 Å². The third kappa shape index (κ3) is 2.76. The number of ketones is 2. The SMILES string of the molecule is CCC(C)C(=O)C(=O)C(C)CC. The second-order valence-electron chi connectivity index (χ2n) is 3.35. The van der Waals surface area contributed by atoms with Crippen LogP contribution in [0.5, 0.6) is 0 Å². The van der Waals surface area contributed by atoms with Crippen LogP contribution in [0.2, 0.25) is 0 Å². The third-order valence-corrected chi connectivity index (χ3v) is 2.36. The van der Waals surface area contributed by atoms with Crippen molar-refractivity contribution in [3.63, 3.8) is 0 Å². The highest BCUT2D eigenvalue weighted by atomic mass is 16.2. The fourth-order valence-electron chi connectivity index (χ4n) is 0.856. The normalized spacial score (nSPS) is 15.3. The summed E-state index contributed by atoms with van der Waals surface area (Å²) in [4.78, 5) is 22.6. The molecule has 0 bridgehead atoms. The quantitative estimate of drug-likeness (QED) is 0.593. The van der Waals surface area contributed by atoms with Crippen LogP contribution in [-0.2, 0) is 9.59 Å². The van der Waals surface area contributed by atoms with E-state index in [2.05, 4.69) is 0 Å². The van der Waals surface area contributed by atoms with Crippen molar-refractivity contribution in [3.05, 3.63) is 0 Å². The summed E-state index contributed by atoms with van der Waals surface area (Å²) < 4.78 is 0. The van der Waals surface area contributed by atoms with Gasteiger partial charge in [-0.05, 0) is 12.8 Å². The van der Waals surface area contributed by atoms with Gasteiger partial charge < -0.3 is 0 Å². The summed E-state index contributed by atoms with van der Waals surface area (Å²) in [6, 6.07) is 0. The number of hydrogen-bond acceptors (Lipinski definition) is 2. The molecular formula is C10H18O2. The molecule has 2 heteroatoms. The Labute approximate surface area is 74.3 Å². The fraction of sp³-hybridized carbons (Fsp3) is 0.800. The van der Waals surface area contributed by atoms with Crippen molar-refractivity contribution >= 4 is 11.6 Å². The van der Waals surface area contributed by atoms with Crippen LogP contribution in [0.25, 0.3) is 0 Å². The summed E-state index contributed by atoms with van der Waals surface area (Å²) in [5.41, 5.74) is 0. The Balaban J connectivity index is 4.19. The minimum atomic E-state index is -0.202. The van der Waals surface area contributed by atoms with Crippen molar-refractivity contribution in [2.45, 2.75) is 40.5 Å². The predicted molar refractivity (Wildman–Crippen MR) is 48.9 cm³/mol. The third-order valence-electron chi connectivity index (χ3n) is 2.36. The van der Waals surface area contributed by atoms with Crippen molar-refractivity contribution in [2.75, 3.05) is 0 Å². The molecule has 0 amide bonds. The average molecular weight is 170 g/mol. The second-order valence-corrected chi connectivity index (χ2v) is 3.35. The highest BCUT2D eigenvalue weighted by Crippen LogP contribution is 2.10. The van der Waals surface area contributed by atoms with E-state index in [0.29, 0.717) is 0 Å². The lowest BCUT2D eigenvalue weighted by molar-refractivity contribution is -0.140. The van der Waals surface area contributed by atoms with E-state index in [-0.39, 0.29) is 23.4 Å². The Morgan fingerprint density at radius 1 is 0.917 bits per heavy atom. The molecule has 0 aromatic carbocycles. The standard InChI is InChI=1S/C10H18O2/c1-5-7(3)9(11)10(12)8(4)6-2/h7-8H,5-6H2,1-4H3. The average Bonchev–Trinajstić information content (AvgIpc) is 2.12. The molecule has 0 aliphatic heterocycles. The summed E-state index contributed by atoms with van der Waals surface area (Å²) in [6.45, 7) is 7.46. The van der Waals surface area contributed by atoms with Crippen molar-refractivity contribution in [2.24, 2.45) is 11.8 Å². The molecule has 70 valence electrons. The first-order valence-electron chi connectivity index (χ1n) is 4.62. The Morgan fingerprint density at radius 3 is 1.33 bits per heavy atom. The van der Waals surface area contributed by atoms with Crippen LogP contribution in [0.15, 0.2) is 0 Å². The van der Waals surface area contributed by atoms with E-state index in [1.807, 2.05) is 27.7 Å². The van der Waals surface area contributed by atoms with Gasteiger partial charge in [-0.15, -0.1) is 0 Å². The Morgan fingerprint density at radius 2 is 1.17 bits per heavy atom. The lowest BCUT2D eigenvalue weighted by atomic mass is 9.92. The first kappa shape index (κ1) is 11.3. The van der Waals surface area contributed by atoms with Crippen molar-refractivity contribution in [1.82, 2.24) is 0 Å². The molecule has 2 nitrogen and oxygen atoms in total. The maximum atomic E-state index is 11.3. The Bertz CT molecular complexity index is 153. The Hall–Kier alpha value is -0.660. The van der Waals surface area contributed by atoms with Gasteiger partial charge >= 0.3 is 0 Å². The number of Topliss-reactive ketones (excluding diaryl/α,β-unsaturated/α-hetero) is 2. The van der Waals surface area contributed by atoms with Crippen molar-refractivity contribution in [1.29, 1.82) is 0 Å². The Kier molecular flexibility index (Phi) is 4.79. The minimum absolute atomic E-state index is 0.105. The maximum absolute atomic E-state index is 11.3. The first-order chi connectivity index (χ1) is 5.54. The van der Waals surface area contributed by atoms with E-state index < -0.39 is 0 Å². The molecule has 0 saturated carbocycles. The van der Waals surface area contributed by atoms with Crippen LogP contribution >= 0.6 is 0 Å². The van der Waals surface area contributed by atoms with Gasteiger partial charge in [0, 0.05) is 11.8 Å². The molecule has 0 radical (unpaired) electrons. The molecule has 0 N–H and O–H groups in total. The topological polar surface area (TPSA) is 34.1 Å². The lowest BCUT2D eigenvalue weighted by Gasteiger charge is -2.09. The van der Waals surface area contributed by atoms with Gasteiger partial charge in [-0.1, -0.05) is 27.7 Å². The van der Waals surface area contributed by atoms with E-state index in [9.17, 15) is 9.59 Å². The van der Waals surface area contributed by atoms with Gasteiger partial charge in [-0.25, -0.2) is 0 Å². The maximum Gasteiger partial charge on any atom is 0.201 e. The molecule has 12 heavy (non-hydrogen) atoms. The molecule has 2 atom stereocenters. The number of rotatable bonds is 5. The second kappa shape index (κ2) is 5.07. The molecule has 0 spiro atoms. The van der Waals surface area contributed by atoms with Crippen LogP contribution in [0.1, 0.15) is 40.5 Å². The van der Waals surface area contributed by atoms with Gasteiger partial charge in [-0.2, -0.15) is 0 Å². The van der Waals surface area contributed by atoms with Crippen molar-refractivity contribution in [3.8, 4) is 0 Å². The monoisotopic (exact) mass is 170 g/mol. The van der Waals surface area contributed by atoms with E-state index in [4.69, 9.17) is 0 Å². The minimum Gasteiger partial charge on any atom is -0.291 e. The van der Waals surface area contributed by atoms with Gasteiger partial charge in [0.1, 0.15) is 0 Å². The van der Waals surface area contributed by atoms with E-state index in [1.54, 1.807) is 0 Å². The molecule has 0 rings (SSSR count). The summed E-state index contributed by atoms with van der Waals surface area (Å²) in [5.74, 6) is -0.614. The van der Waals surface area contributed by atoms with Gasteiger partial charge in [-0.3, -0.25) is 9.59 Å². The van der Waals surface area contributed by atoms with Gasteiger partial charge in [0.15, 0.2) is 0 Å². The highest BCUT2D eigenvalue weighted by molar-refractivity contribution is 6.38. The molecule has 0 aromatic rings. The summed E-state index contributed by atoms with van der Waals surface area (Å²) >= 11 is 0. The van der Waals surface area contributed by atoms with Crippen molar-refractivity contribution < 1.29 is 9.59 Å². The van der Waals surface area contributed by atoms with Crippen LogP contribution < -0.4 is 0 Å². The van der Waals surface area contributed by atoms with E-state index in [0.717, 1.165) is 12.8 Å². The largest absolute Gasteiger partial charge is 0.291 e. The summed E-state index contributed by atoms with van der Waals surface area (Å²) in [5, 5.41) is 0. The number of hydrogen-bond donors (Lipinski definition) is 0. The predicted octanol–water partition coefficient (Wildman–Crippen LogP) is 2.22. The molecule has 2 unspecified atom stereocenters. The zero-order valence-electron chi connectivity index (χ0n) is 8.39. The van der Waals surface area contributed by atoms with Gasteiger partial charge in [0.2, 0.25) is 11.6 Å². The molecule has 0 aromatic heterocycles. The zero-order chi connectivity index (χ0) is 9.72.